The van der Waals surface area contributed by atoms with Gasteiger partial charge in [-0.05, 0) is 39.2 Å². The molecule has 2 nitrogen and oxygen atoms in total. The molecule has 1 aliphatic rings. The first-order valence-electron chi connectivity index (χ1n) is 5.64. The van der Waals surface area contributed by atoms with Crippen LogP contribution >= 0.6 is 0 Å². The number of hydrogen-bond donors (Lipinski definition) is 1. The Kier molecular flexibility index (Phi) is 4.20. The van der Waals surface area contributed by atoms with Gasteiger partial charge in [-0.25, -0.2) is 0 Å². The lowest BCUT2D eigenvalue weighted by Gasteiger charge is -2.24. The molecular weight excluding hydrogens is 160 g/mol. The average Bonchev–Trinajstić information content (AvgIpc) is 2.52. The maximum absolute atomic E-state index is 5.91. The van der Waals surface area contributed by atoms with Crippen molar-refractivity contribution >= 4 is 0 Å². The fraction of sp³-hybridized carbons (Fsp3) is 1.00. The van der Waals surface area contributed by atoms with Crippen LogP contribution in [0, 0.1) is 5.92 Å². The Balaban J connectivity index is 2.31. The van der Waals surface area contributed by atoms with E-state index in [4.69, 9.17) is 5.73 Å². The summed E-state index contributed by atoms with van der Waals surface area (Å²) < 4.78 is 0. The van der Waals surface area contributed by atoms with Gasteiger partial charge in [-0.2, -0.15) is 0 Å². The topological polar surface area (TPSA) is 29.3 Å². The predicted octanol–water partition coefficient (Wildman–Crippen LogP) is 1.84. The zero-order valence-corrected chi connectivity index (χ0v) is 9.29. The van der Waals surface area contributed by atoms with E-state index in [0.717, 1.165) is 12.0 Å². The minimum absolute atomic E-state index is 0.374. The molecule has 1 heterocycles. The Morgan fingerprint density at radius 1 is 1.46 bits per heavy atom. The summed E-state index contributed by atoms with van der Waals surface area (Å²) in [7, 11) is 0. The first kappa shape index (κ1) is 11.0. The van der Waals surface area contributed by atoms with Crippen molar-refractivity contribution in [2.75, 3.05) is 13.1 Å². The second kappa shape index (κ2) is 4.97. The molecule has 0 bridgehead atoms. The molecule has 1 aliphatic heterocycles. The van der Waals surface area contributed by atoms with E-state index < -0.39 is 0 Å². The van der Waals surface area contributed by atoms with Gasteiger partial charge in [-0.15, -0.1) is 0 Å². The Hall–Kier alpha value is -0.0800. The van der Waals surface area contributed by atoms with E-state index in [-0.39, 0.29) is 0 Å². The van der Waals surface area contributed by atoms with Gasteiger partial charge in [-0.3, -0.25) is 0 Å². The Morgan fingerprint density at radius 3 is 2.62 bits per heavy atom. The molecule has 78 valence electrons. The molecule has 0 aliphatic carbocycles. The van der Waals surface area contributed by atoms with Crippen molar-refractivity contribution < 1.29 is 0 Å². The molecule has 1 rings (SSSR count). The van der Waals surface area contributed by atoms with E-state index in [1.807, 2.05) is 0 Å². The summed E-state index contributed by atoms with van der Waals surface area (Å²) in [6.45, 7) is 9.22. The lowest BCUT2D eigenvalue weighted by atomic mass is 10.0. The molecule has 2 N–H and O–H groups in total. The van der Waals surface area contributed by atoms with E-state index in [2.05, 4.69) is 25.7 Å². The Labute approximate surface area is 82.5 Å². The molecule has 0 radical (unpaired) electrons. The molecule has 1 fully saturated rings. The van der Waals surface area contributed by atoms with Crippen molar-refractivity contribution in [2.24, 2.45) is 11.7 Å². The van der Waals surface area contributed by atoms with Crippen LogP contribution < -0.4 is 5.73 Å². The minimum Gasteiger partial charge on any atom is -0.328 e. The highest BCUT2D eigenvalue weighted by atomic mass is 15.2. The van der Waals surface area contributed by atoms with Crippen molar-refractivity contribution in [1.82, 2.24) is 4.90 Å². The molecule has 0 aromatic heterocycles. The molecule has 3 atom stereocenters. The molecule has 0 saturated carbocycles. The van der Waals surface area contributed by atoms with Crippen LogP contribution in [0.15, 0.2) is 0 Å². The lowest BCUT2D eigenvalue weighted by molar-refractivity contribution is 0.233. The maximum atomic E-state index is 5.91. The van der Waals surface area contributed by atoms with Crippen LogP contribution in [0.25, 0.3) is 0 Å². The lowest BCUT2D eigenvalue weighted by Crippen LogP contribution is -2.34. The zero-order valence-electron chi connectivity index (χ0n) is 9.29. The van der Waals surface area contributed by atoms with Gasteiger partial charge in [0.15, 0.2) is 0 Å². The minimum atomic E-state index is 0.374. The summed E-state index contributed by atoms with van der Waals surface area (Å²) >= 11 is 0. The molecule has 3 unspecified atom stereocenters. The fourth-order valence-corrected chi connectivity index (χ4v) is 2.25. The van der Waals surface area contributed by atoms with Gasteiger partial charge in [0, 0.05) is 18.6 Å². The van der Waals surface area contributed by atoms with E-state index in [1.165, 1.54) is 32.4 Å². The van der Waals surface area contributed by atoms with Crippen LogP contribution in [0.4, 0.5) is 0 Å². The van der Waals surface area contributed by atoms with Crippen LogP contribution in [0.1, 0.15) is 40.0 Å². The van der Waals surface area contributed by atoms with E-state index in [1.54, 1.807) is 0 Å². The molecule has 0 aromatic rings. The summed E-state index contributed by atoms with van der Waals surface area (Å²) in [5, 5.41) is 0. The molecule has 13 heavy (non-hydrogen) atoms. The number of likely N-dealkylation sites (tertiary alicyclic amines) is 1. The zero-order chi connectivity index (χ0) is 9.84. The van der Waals surface area contributed by atoms with Gasteiger partial charge >= 0.3 is 0 Å². The highest BCUT2D eigenvalue weighted by molar-refractivity contribution is 4.83. The third kappa shape index (κ3) is 2.96. The number of nitrogens with zero attached hydrogens (tertiary/aromatic N) is 1. The largest absolute Gasteiger partial charge is 0.328 e. The van der Waals surface area contributed by atoms with Gasteiger partial charge < -0.3 is 10.6 Å². The normalized spacial score (nSPS) is 29.1. The van der Waals surface area contributed by atoms with Gasteiger partial charge in [-0.1, -0.05) is 13.3 Å². The third-order valence-electron chi connectivity index (χ3n) is 3.33. The van der Waals surface area contributed by atoms with Crippen molar-refractivity contribution in [3.63, 3.8) is 0 Å². The van der Waals surface area contributed by atoms with Gasteiger partial charge in [0.25, 0.3) is 0 Å². The molecule has 1 saturated heterocycles. The standard InChI is InChI=1S/C11H24N2/c1-4-5-9(2)13-7-6-11(8-13)10(3)12/h9-11H,4-8,12H2,1-3H3. The summed E-state index contributed by atoms with van der Waals surface area (Å²) in [5.41, 5.74) is 5.91. The first-order chi connectivity index (χ1) is 6.15. The van der Waals surface area contributed by atoms with Crippen LogP contribution in [-0.4, -0.2) is 30.1 Å². The fourth-order valence-electron chi connectivity index (χ4n) is 2.25. The first-order valence-corrected chi connectivity index (χ1v) is 5.64. The van der Waals surface area contributed by atoms with Crippen LogP contribution in [0.5, 0.6) is 0 Å². The third-order valence-corrected chi connectivity index (χ3v) is 3.33. The second-order valence-electron chi connectivity index (χ2n) is 4.54. The summed E-state index contributed by atoms with van der Waals surface area (Å²) in [6.07, 6.45) is 3.91. The molecule has 2 heteroatoms. The van der Waals surface area contributed by atoms with Gasteiger partial charge in [0.1, 0.15) is 0 Å². The van der Waals surface area contributed by atoms with Crippen molar-refractivity contribution in [3.8, 4) is 0 Å². The Morgan fingerprint density at radius 2 is 2.15 bits per heavy atom. The highest BCUT2D eigenvalue weighted by Gasteiger charge is 2.27. The number of rotatable bonds is 4. The average molecular weight is 184 g/mol. The van der Waals surface area contributed by atoms with Crippen LogP contribution in [0.3, 0.4) is 0 Å². The van der Waals surface area contributed by atoms with E-state index >= 15 is 0 Å². The summed E-state index contributed by atoms with van der Waals surface area (Å²) in [5.74, 6) is 0.735. The molecule has 0 amide bonds. The molecule has 0 spiro atoms. The number of hydrogen-bond acceptors (Lipinski definition) is 2. The van der Waals surface area contributed by atoms with Crippen LogP contribution in [0.2, 0.25) is 0 Å². The smallest absolute Gasteiger partial charge is 0.00669 e. The van der Waals surface area contributed by atoms with Crippen molar-refractivity contribution in [1.29, 1.82) is 0 Å². The highest BCUT2D eigenvalue weighted by Crippen LogP contribution is 2.22. The van der Waals surface area contributed by atoms with Gasteiger partial charge in [0.05, 0.1) is 0 Å². The number of nitrogens with two attached hydrogens (primary N) is 1. The van der Waals surface area contributed by atoms with E-state index in [9.17, 15) is 0 Å². The monoisotopic (exact) mass is 184 g/mol. The molecule has 0 aromatic carbocycles. The van der Waals surface area contributed by atoms with Crippen molar-refractivity contribution in [3.05, 3.63) is 0 Å². The molecular formula is C11H24N2. The van der Waals surface area contributed by atoms with Crippen molar-refractivity contribution in [2.45, 2.75) is 52.1 Å². The maximum Gasteiger partial charge on any atom is 0.00669 e. The SMILES string of the molecule is CCCC(C)N1CCC(C(C)N)C1. The van der Waals surface area contributed by atoms with Crippen LogP contribution in [-0.2, 0) is 0 Å². The quantitative estimate of drug-likeness (QED) is 0.722. The summed E-state index contributed by atoms with van der Waals surface area (Å²) in [6, 6.07) is 1.13. The van der Waals surface area contributed by atoms with E-state index in [0.29, 0.717) is 6.04 Å². The second-order valence-corrected chi connectivity index (χ2v) is 4.54. The predicted molar refractivity (Wildman–Crippen MR) is 57.7 cm³/mol. The van der Waals surface area contributed by atoms with Gasteiger partial charge in [0.2, 0.25) is 0 Å². The Bertz CT molecular complexity index is 145. The summed E-state index contributed by atoms with van der Waals surface area (Å²) in [4.78, 5) is 2.59.